The monoisotopic (exact) mass is 290 g/mol. The van der Waals surface area contributed by atoms with Crippen molar-refractivity contribution in [1.82, 2.24) is 20.4 Å². The van der Waals surface area contributed by atoms with Gasteiger partial charge in [0.2, 0.25) is 5.89 Å². The molecule has 1 N–H and O–H groups in total. The van der Waals surface area contributed by atoms with E-state index in [2.05, 4.69) is 15.5 Å². The topological polar surface area (TPSA) is 88.3 Å². The predicted molar refractivity (Wildman–Crippen MR) is 71.3 cm³/mol. The first-order valence-corrected chi connectivity index (χ1v) is 7.60. The van der Waals surface area contributed by atoms with Crippen molar-refractivity contribution in [3.63, 3.8) is 0 Å². The Labute approximate surface area is 122 Å². The van der Waals surface area contributed by atoms with Crippen LogP contribution in [0.1, 0.15) is 69.1 Å². The SMILES string of the molecule is C[C@@H](c1nc(C2CC2)no1)N1C(=O)NC2(CCCC2)C1=O. The molecule has 3 fully saturated rings. The molecule has 1 atom stereocenters. The number of urea groups is 1. The lowest BCUT2D eigenvalue weighted by Gasteiger charge is -2.22. The van der Waals surface area contributed by atoms with Crippen LogP contribution in [0.5, 0.6) is 0 Å². The Morgan fingerprint density at radius 3 is 2.71 bits per heavy atom. The minimum absolute atomic E-state index is 0.149. The van der Waals surface area contributed by atoms with Crippen molar-refractivity contribution in [2.45, 2.75) is 62.9 Å². The second-order valence-corrected chi connectivity index (χ2v) is 6.34. The molecule has 7 heteroatoms. The number of hydrogen-bond donors (Lipinski definition) is 1. The molecule has 0 unspecified atom stereocenters. The van der Waals surface area contributed by atoms with E-state index in [0.717, 1.165) is 38.5 Å². The third-order valence-corrected chi connectivity index (χ3v) is 4.79. The first kappa shape index (κ1) is 12.8. The largest absolute Gasteiger partial charge is 0.337 e. The number of carbonyl (C=O) groups is 2. The zero-order valence-corrected chi connectivity index (χ0v) is 12.0. The van der Waals surface area contributed by atoms with E-state index in [1.165, 1.54) is 4.90 Å². The van der Waals surface area contributed by atoms with Gasteiger partial charge in [-0.3, -0.25) is 4.79 Å². The molecule has 4 rings (SSSR count). The van der Waals surface area contributed by atoms with Gasteiger partial charge >= 0.3 is 6.03 Å². The van der Waals surface area contributed by atoms with Gasteiger partial charge in [-0.05, 0) is 32.6 Å². The van der Waals surface area contributed by atoms with Gasteiger partial charge in [0, 0.05) is 5.92 Å². The summed E-state index contributed by atoms with van der Waals surface area (Å²) in [6.07, 6.45) is 5.55. The van der Waals surface area contributed by atoms with E-state index in [9.17, 15) is 9.59 Å². The summed E-state index contributed by atoms with van der Waals surface area (Å²) in [6.45, 7) is 1.76. The highest BCUT2D eigenvalue weighted by Crippen LogP contribution is 2.40. The summed E-state index contributed by atoms with van der Waals surface area (Å²) in [5.41, 5.74) is -0.690. The summed E-state index contributed by atoms with van der Waals surface area (Å²) >= 11 is 0. The van der Waals surface area contributed by atoms with Crippen molar-refractivity contribution < 1.29 is 14.1 Å². The summed E-state index contributed by atoms with van der Waals surface area (Å²) in [5, 5.41) is 6.82. The van der Waals surface area contributed by atoms with Gasteiger partial charge in [0.15, 0.2) is 5.82 Å². The van der Waals surface area contributed by atoms with Crippen LogP contribution in [0.25, 0.3) is 0 Å². The number of nitrogens with zero attached hydrogens (tertiary/aromatic N) is 3. The van der Waals surface area contributed by atoms with Crippen molar-refractivity contribution in [2.75, 3.05) is 0 Å². The average molecular weight is 290 g/mol. The van der Waals surface area contributed by atoms with E-state index in [-0.39, 0.29) is 11.9 Å². The molecule has 112 valence electrons. The molecule has 21 heavy (non-hydrogen) atoms. The standard InChI is InChI=1S/C14H18N4O3/c1-8(11-15-10(17-21-11)9-4-5-9)18-12(19)14(16-13(18)20)6-2-3-7-14/h8-9H,2-7H2,1H3,(H,16,20)/t8-/m0/s1. The quantitative estimate of drug-likeness (QED) is 0.858. The lowest BCUT2D eigenvalue weighted by Crippen LogP contribution is -2.44. The first-order valence-electron chi connectivity index (χ1n) is 7.60. The highest BCUT2D eigenvalue weighted by atomic mass is 16.5. The van der Waals surface area contributed by atoms with Gasteiger partial charge in [0.25, 0.3) is 5.91 Å². The Morgan fingerprint density at radius 2 is 2.05 bits per heavy atom. The van der Waals surface area contributed by atoms with Crippen molar-refractivity contribution in [3.8, 4) is 0 Å². The maximum Gasteiger partial charge on any atom is 0.325 e. The molecular weight excluding hydrogens is 272 g/mol. The molecule has 1 spiro atoms. The molecule has 1 saturated heterocycles. The number of aromatic nitrogens is 2. The van der Waals surface area contributed by atoms with Crippen LogP contribution < -0.4 is 5.32 Å². The Morgan fingerprint density at radius 1 is 1.33 bits per heavy atom. The molecule has 1 aliphatic heterocycles. The van der Waals surface area contributed by atoms with Crippen LogP contribution in [0.4, 0.5) is 4.79 Å². The number of carbonyl (C=O) groups excluding carboxylic acids is 2. The van der Waals surface area contributed by atoms with E-state index < -0.39 is 11.6 Å². The number of imide groups is 1. The van der Waals surface area contributed by atoms with Crippen molar-refractivity contribution in [1.29, 1.82) is 0 Å². The molecule has 0 radical (unpaired) electrons. The predicted octanol–water partition coefficient (Wildman–Crippen LogP) is 1.87. The minimum Gasteiger partial charge on any atom is -0.337 e. The molecule has 3 amide bonds. The summed E-state index contributed by atoms with van der Waals surface area (Å²) in [5.74, 6) is 1.28. The van der Waals surface area contributed by atoms with Gasteiger partial charge in [0.1, 0.15) is 11.6 Å². The Balaban J connectivity index is 1.59. The van der Waals surface area contributed by atoms with Crippen LogP contribution in [-0.2, 0) is 4.79 Å². The van der Waals surface area contributed by atoms with E-state index in [0.29, 0.717) is 17.6 Å². The van der Waals surface area contributed by atoms with Gasteiger partial charge in [-0.25, -0.2) is 9.69 Å². The molecule has 1 aromatic rings. The smallest absolute Gasteiger partial charge is 0.325 e. The Bertz CT molecular complexity index is 601. The zero-order chi connectivity index (χ0) is 14.6. The lowest BCUT2D eigenvalue weighted by atomic mass is 9.98. The third kappa shape index (κ3) is 1.86. The van der Waals surface area contributed by atoms with Crippen molar-refractivity contribution >= 4 is 11.9 Å². The fourth-order valence-electron chi connectivity index (χ4n) is 3.35. The van der Waals surface area contributed by atoms with Crippen LogP contribution in [0.15, 0.2) is 4.52 Å². The Kier molecular flexibility index (Phi) is 2.61. The maximum atomic E-state index is 12.7. The van der Waals surface area contributed by atoms with E-state index in [1.54, 1.807) is 6.92 Å². The Hall–Kier alpha value is -1.92. The summed E-state index contributed by atoms with van der Waals surface area (Å²) in [7, 11) is 0. The van der Waals surface area contributed by atoms with E-state index >= 15 is 0 Å². The van der Waals surface area contributed by atoms with Crippen LogP contribution in [0.2, 0.25) is 0 Å². The fraction of sp³-hybridized carbons (Fsp3) is 0.714. The van der Waals surface area contributed by atoms with Gasteiger partial charge in [0.05, 0.1) is 0 Å². The zero-order valence-electron chi connectivity index (χ0n) is 12.0. The summed E-state index contributed by atoms with van der Waals surface area (Å²) < 4.78 is 5.25. The van der Waals surface area contributed by atoms with Gasteiger partial charge in [-0.15, -0.1) is 0 Å². The van der Waals surface area contributed by atoms with Crippen LogP contribution in [0.3, 0.4) is 0 Å². The molecule has 1 aromatic heterocycles. The molecular formula is C14H18N4O3. The molecule has 0 aromatic carbocycles. The highest BCUT2D eigenvalue weighted by molar-refractivity contribution is 6.07. The molecule has 7 nitrogen and oxygen atoms in total. The second-order valence-electron chi connectivity index (χ2n) is 6.34. The lowest BCUT2D eigenvalue weighted by molar-refractivity contribution is -0.132. The second kappa shape index (κ2) is 4.29. The molecule has 2 aliphatic carbocycles. The molecule has 2 heterocycles. The maximum absolute atomic E-state index is 12.7. The van der Waals surface area contributed by atoms with Gasteiger partial charge in [-0.1, -0.05) is 18.0 Å². The summed E-state index contributed by atoms with van der Waals surface area (Å²) in [6, 6.07) is -0.863. The van der Waals surface area contributed by atoms with Gasteiger partial charge in [-0.2, -0.15) is 4.98 Å². The fourth-order valence-corrected chi connectivity index (χ4v) is 3.35. The van der Waals surface area contributed by atoms with Crippen LogP contribution in [-0.4, -0.2) is 32.5 Å². The number of amides is 3. The number of nitrogens with one attached hydrogen (secondary N) is 1. The van der Waals surface area contributed by atoms with Crippen molar-refractivity contribution in [2.24, 2.45) is 0 Å². The van der Waals surface area contributed by atoms with E-state index in [4.69, 9.17) is 4.52 Å². The van der Waals surface area contributed by atoms with Crippen molar-refractivity contribution in [3.05, 3.63) is 11.7 Å². The first-order chi connectivity index (χ1) is 10.1. The minimum atomic E-state index is -0.690. The van der Waals surface area contributed by atoms with Crippen LogP contribution in [0, 0.1) is 0 Å². The number of hydrogen-bond acceptors (Lipinski definition) is 5. The average Bonchev–Trinajstić information content (AvgIpc) is 2.93. The van der Waals surface area contributed by atoms with E-state index in [1.807, 2.05) is 0 Å². The normalized spacial score (nSPS) is 25.7. The highest BCUT2D eigenvalue weighted by Gasteiger charge is 2.54. The molecule has 0 bridgehead atoms. The van der Waals surface area contributed by atoms with Gasteiger partial charge < -0.3 is 9.84 Å². The van der Waals surface area contributed by atoms with Crippen LogP contribution >= 0.6 is 0 Å². The summed E-state index contributed by atoms with van der Waals surface area (Å²) in [4.78, 5) is 30.5. The molecule has 2 saturated carbocycles. The number of rotatable bonds is 3. The molecule has 3 aliphatic rings. The third-order valence-electron chi connectivity index (χ3n) is 4.79.